The third-order valence-corrected chi connectivity index (χ3v) is 11.6. The Morgan fingerprint density at radius 3 is 1.84 bits per heavy atom. The molecule has 0 amide bonds. The van der Waals surface area contributed by atoms with Crippen LogP contribution >= 0.6 is 11.3 Å². The highest BCUT2D eigenvalue weighted by Gasteiger charge is 2.35. The summed E-state index contributed by atoms with van der Waals surface area (Å²) in [4.78, 5) is 8.87. The van der Waals surface area contributed by atoms with E-state index >= 15 is 0 Å². The van der Waals surface area contributed by atoms with Crippen LogP contribution in [0, 0.1) is 0 Å². The zero-order valence-electron chi connectivity index (χ0n) is 27.3. The maximum atomic E-state index is 5.21. The summed E-state index contributed by atoms with van der Waals surface area (Å²) in [6, 6.07) is 57.5. The van der Waals surface area contributed by atoms with Gasteiger partial charge in [-0.3, -0.25) is 0 Å². The third kappa shape index (κ3) is 4.29. The summed E-state index contributed by atoms with van der Waals surface area (Å²) >= 11 is 1.79. The molecule has 0 unspecified atom stereocenters. The topological polar surface area (TPSA) is 16.1 Å². The van der Waals surface area contributed by atoms with E-state index in [4.69, 9.17) is 4.98 Å². The van der Waals surface area contributed by atoms with Gasteiger partial charge in [-0.25, -0.2) is 4.98 Å². The predicted octanol–water partition coefficient (Wildman–Crippen LogP) is 13.1. The van der Waals surface area contributed by atoms with Crippen LogP contribution in [0.15, 0.2) is 158 Å². The van der Waals surface area contributed by atoms with Gasteiger partial charge in [-0.05, 0) is 92.7 Å². The lowest BCUT2D eigenvalue weighted by atomic mass is 9.82. The van der Waals surface area contributed by atoms with E-state index in [9.17, 15) is 0 Å². The molecule has 2 nitrogen and oxygen atoms in total. The van der Waals surface area contributed by atoms with Gasteiger partial charge >= 0.3 is 0 Å². The first-order valence-electron chi connectivity index (χ1n) is 16.9. The summed E-state index contributed by atoms with van der Waals surface area (Å²) in [5.74, 6) is 0. The van der Waals surface area contributed by atoms with Gasteiger partial charge in [0.25, 0.3) is 0 Å². The van der Waals surface area contributed by atoms with Crippen LogP contribution in [0.4, 0.5) is 17.1 Å². The first kappa shape index (κ1) is 28.3. The number of thiazole rings is 1. The molecule has 0 aliphatic heterocycles. The molecule has 2 aliphatic rings. The van der Waals surface area contributed by atoms with Gasteiger partial charge in [0.1, 0.15) is 5.01 Å². The first-order valence-corrected chi connectivity index (χ1v) is 17.7. The minimum absolute atomic E-state index is 0.0805. The number of benzene rings is 7. The number of anilines is 3. The number of rotatable bonds is 5. The second-order valence-corrected chi connectivity index (χ2v) is 14.6. The van der Waals surface area contributed by atoms with Gasteiger partial charge in [0.05, 0.1) is 10.6 Å². The average Bonchev–Trinajstić information content (AvgIpc) is 3.79. The van der Waals surface area contributed by atoms with Crippen LogP contribution < -0.4 is 4.90 Å². The fraction of sp³-hybridized carbons (Fsp3) is 0.0652. The lowest BCUT2D eigenvalue weighted by Gasteiger charge is -2.28. The monoisotopic (exact) mass is 644 g/mol. The number of fused-ring (bicyclic) bond motifs is 6. The fourth-order valence-corrected chi connectivity index (χ4v) is 9.12. The largest absolute Gasteiger partial charge is 0.310 e. The van der Waals surface area contributed by atoms with Crippen LogP contribution in [0.2, 0.25) is 0 Å². The maximum Gasteiger partial charge on any atom is 0.124 e. The minimum atomic E-state index is -0.0805. The number of aromatic nitrogens is 1. The summed E-state index contributed by atoms with van der Waals surface area (Å²) in [6.45, 7) is 4.69. The Labute approximate surface area is 290 Å². The molecule has 3 heteroatoms. The van der Waals surface area contributed by atoms with Gasteiger partial charge in [-0.1, -0.05) is 123 Å². The Kier molecular flexibility index (Phi) is 6.12. The van der Waals surface area contributed by atoms with E-state index in [1.807, 2.05) is 0 Å². The molecule has 0 saturated carbocycles. The predicted molar refractivity (Wildman–Crippen MR) is 207 cm³/mol. The van der Waals surface area contributed by atoms with Gasteiger partial charge < -0.3 is 4.90 Å². The molecule has 0 spiro atoms. The Morgan fingerprint density at radius 2 is 1.08 bits per heavy atom. The molecule has 7 aromatic carbocycles. The highest BCUT2D eigenvalue weighted by molar-refractivity contribution is 7.19. The molecule has 0 saturated heterocycles. The standard InChI is InChI=1S/C46H32N2S/c1-46(2)40-17-7-6-14-36(40)37-27-26-35(28-41(37)46)48(33-22-18-30(19-23-33)29-10-4-3-5-11-29)34-24-20-32(21-25-34)45-47-43-38-15-8-12-31-13-9-16-39(42(31)38)44(43)49-45/h3-28H,1-2H3. The van der Waals surface area contributed by atoms with Crippen molar-refractivity contribution in [3.8, 4) is 54.5 Å². The molecule has 2 aliphatic carbocycles. The van der Waals surface area contributed by atoms with E-state index in [-0.39, 0.29) is 5.41 Å². The molecule has 0 fully saturated rings. The first-order chi connectivity index (χ1) is 24.0. The van der Waals surface area contributed by atoms with Crippen LogP contribution in [0.1, 0.15) is 25.0 Å². The Morgan fingerprint density at radius 1 is 0.490 bits per heavy atom. The lowest BCUT2D eigenvalue weighted by molar-refractivity contribution is 0.660. The second-order valence-electron chi connectivity index (χ2n) is 13.6. The van der Waals surface area contributed by atoms with E-state index in [1.54, 1.807) is 11.3 Å². The normalized spacial score (nSPS) is 13.3. The Bertz CT molecular complexity index is 2500. The zero-order valence-corrected chi connectivity index (χ0v) is 28.1. The van der Waals surface area contributed by atoms with E-state index in [0.717, 1.165) is 33.3 Å². The van der Waals surface area contributed by atoms with Gasteiger partial charge in [-0.15, -0.1) is 11.3 Å². The van der Waals surface area contributed by atoms with E-state index in [0.29, 0.717) is 0 Å². The highest BCUT2D eigenvalue weighted by atomic mass is 32.1. The smallest absolute Gasteiger partial charge is 0.124 e. The summed E-state index contributed by atoms with van der Waals surface area (Å²) in [5.41, 5.74) is 15.9. The van der Waals surface area contributed by atoms with Crippen molar-refractivity contribution in [1.29, 1.82) is 0 Å². The van der Waals surface area contributed by atoms with Crippen molar-refractivity contribution in [2.75, 3.05) is 4.90 Å². The molecule has 0 bridgehead atoms. The van der Waals surface area contributed by atoms with Crippen molar-refractivity contribution in [1.82, 2.24) is 4.98 Å². The molecule has 1 heterocycles. The van der Waals surface area contributed by atoms with Crippen molar-refractivity contribution in [2.45, 2.75) is 19.3 Å². The molecule has 0 radical (unpaired) electrons. The molecule has 10 rings (SSSR count). The van der Waals surface area contributed by atoms with Crippen molar-refractivity contribution >= 4 is 39.2 Å². The van der Waals surface area contributed by atoms with E-state index in [2.05, 4.69) is 176 Å². The molecule has 49 heavy (non-hydrogen) atoms. The summed E-state index contributed by atoms with van der Waals surface area (Å²) in [6.07, 6.45) is 0. The molecular weight excluding hydrogens is 613 g/mol. The summed E-state index contributed by atoms with van der Waals surface area (Å²) < 4.78 is 0. The third-order valence-electron chi connectivity index (χ3n) is 10.5. The second kappa shape index (κ2) is 10.6. The lowest BCUT2D eigenvalue weighted by Crippen LogP contribution is -2.16. The summed E-state index contributed by atoms with van der Waals surface area (Å²) in [5, 5.41) is 3.66. The van der Waals surface area contributed by atoms with E-state index < -0.39 is 0 Å². The quantitative estimate of drug-likeness (QED) is 0.185. The summed E-state index contributed by atoms with van der Waals surface area (Å²) in [7, 11) is 0. The Hall–Kier alpha value is -5.77. The van der Waals surface area contributed by atoms with Gasteiger partial charge in [-0.2, -0.15) is 0 Å². The molecule has 232 valence electrons. The SMILES string of the molecule is CC1(C)c2ccccc2-c2ccc(N(c3ccc(-c4ccccc4)cc3)c3ccc(-c4nc5c(s4)-c4cccc6cccc-5c46)cc3)cc21. The maximum absolute atomic E-state index is 5.21. The van der Waals surface area contributed by atoms with Crippen LogP contribution in [0.5, 0.6) is 0 Å². The fourth-order valence-electron chi connectivity index (χ4n) is 8.00. The molecule has 1 aromatic heterocycles. The highest BCUT2D eigenvalue weighted by Crippen LogP contribution is 2.52. The number of nitrogens with zero attached hydrogens (tertiary/aromatic N) is 2. The molecular formula is C46H32N2S. The van der Waals surface area contributed by atoms with Gasteiger partial charge in [0.2, 0.25) is 0 Å². The van der Waals surface area contributed by atoms with E-state index in [1.165, 1.54) is 60.2 Å². The van der Waals surface area contributed by atoms with Crippen molar-refractivity contribution in [3.63, 3.8) is 0 Å². The zero-order chi connectivity index (χ0) is 32.7. The van der Waals surface area contributed by atoms with Crippen LogP contribution in [-0.4, -0.2) is 4.98 Å². The van der Waals surface area contributed by atoms with Crippen LogP contribution in [0.25, 0.3) is 65.3 Å². The van der Waals surface area contributed by atoms with Crippen molar-refractivity contribution in [2.24, 2.45) is 0 Å². The number of hydrogen-bond acceptors (Lipinski definition) is 3. The van der Waals surface area contributed by atoms with Crippen LogP contribution in [-0.2, 0) is 5.41 Å². The van der Waals surface area contributed by atoms with Crippen molar-refractivity contribution < 1.29 is 0 Å². The van der Waals surface area contributed by atoms with Gasteiger partial charge in [0.15, 0.2) is 0 Å². The average molecular weight is 645 g/mol. The Balaban J connectivity index is 1.06. The van der Waals surface area contributed by atoms with Gasteiger partial charge in [0, 0.05) is 39.2 Å². The molecule has 0 atom stereocenters. The molecule has 0 N–H and O–H groups in total. The number of hydrogen-bond donors (Lipinski definition) is 0. The molecule has 8 aromatic rings. The van der Waals surface area contributed by atoms with Crippen molar-refractivity contribution in [3.05, 3.63) is 169 Å². The van der Waals surface area contributed by atoms with Crippen LogP contribution in [0.3, 0.4) is 0 Å². The minimum Gasteiger partial charge on any atom is -0.310 e.